The van der Waals surface area contributed by atoms with E-state index < -0.39 is 12.3 Å². The van der Waals surface area contributed by atoms with E-state index in [2.05, 4.69) is 9.72 Å². The van der Waals surface area contributed by atoms with Gasteiger partial charge in [-0.15, -0.1) is 0 Å². The molecule has 1 unspecified atom stereocenters. The molecule has 0 amide bonds. The lowest BCUT2D eigenvalue weighted by molar-refractivity contribution is -0.189. The zero-order chi connectivity index (χ0) is 12.3. The maximum absolute atomic E-state index is 12.2. The highest BCUT2D eigenvalue weighted by atomic mass is 35.5. The summed E-state index contributed by atoms with van der Waals surface area (Å²) in [5, 5.41) is 8.68. The summed E-state index contributed by atoms with van der Waals surface area (Å²) in [7, 11) is 0. The van der Waals surface area contributed by atoms with Crippen molar-refractivity contribution in [2.24, 2.45) is 0 Å². The molecule has 1 N–H and O–H groups in total. The molecule has 0 aliphatic rings. The third-order valence-corrected chi connectivity index (χ3v) is 2.07. The fourth-order valence-corrected chi connectivity index (χ4v) is 1.11. The Morgan fingerprint density at radius 3 is 2.62 bits per heavy atom. The molecule has 1 atom stereocenters. The van der Waals surface area contributed by atoms with Crippen molar-refractivity contribution < 1.29 is 23.0 Å². The fourth-order valence-electron chi connectivity index (χ4n) is 0.872. The monoisotopic (exact) mass is 255 g/mol. The summed E-state index contributed by atoms with van der Waals surface area (Å²) in [4.78, 5) is 3.59. The summed E-state index contributed by atoms with van der Waals surface area (Å²) in [5.74, 6) is -0.302. The van der Waals surface area contributed by atoms with Gasteiger partial charge < -0.3 is 9.84 Å². The first-order valence-corrected chi connectivity index (χ1v) is 4.71. The highest BCUT2D eigenvalue weighted by molar-refractivity contribution is 6.31. The Labute approximate surface area is 94.8 Å². The van der Waals surface area contributed by atoms with E-state index in [4.69, 9.17) is 16.7 Å². The second kappa shape index (κ2) is 4.88. The van der Waals surface area contributed by atoms with E-state index in [1.54, 1.807) is 0 Å². The summed E-state index contributed by atoms with van der Waals surface area (Å²) in [6, 6.07) is 1.30. The van der Waals surface area contributed by atoms with Crippen LogP contribution in [0.25, 0.3) is 0 Å². The SMILES string of the molecule is CC(Oc1ncc(CO)cc1Cl)C(F)(F)F. The van der Waals surface area contributed by atoms with Gasteiger partial charge in [0, 0.05) is 6.20 Å². The minimum atomic E-state index is -4.47. The van der Waals surface area contributed by atoms with Crippen molar-refractivity contribution in [3.8, 4) is 5.88 Å². The number of aromatic nitrogens is 1. The summed E-state index contributed by atoms with van der Waals surface area (Å²) in [6.07, 6.45) is -5.26. The molecule has 1 aromatic rings. The van der Waals surface area contributed by atoms with Gasteiger partial charge in [-0.05, 0) is 18.6 Å². The predicted octanol–water partition coefficient (Wildman–Crippen LogP) is 2.56. The van der Waals surface area contributed by atoms with Crippen LogP contribution in [-0.4, -0.2) is 22.4 Å². The van der Waals surface area contributed by atoms with Crippen LogP contribution >= 0.6 is 11.6 Å². The molecule has 0 bridgehead atoms. The third-order valence-electron chi connectivity index (χ3n) is 1.80. The van der Waals surface area contributed by atoms with Crippen LogP contribution in [0.5, 0.6) is 5.88 Å². The average molecular weight is 256 g/mol. The van der Waals surface area contributed by atoms with E-state index >= 15 is 0 Å². The van der Waals surface area contributed by atoms with Crippen molar-refractivity contribution in [2.75, 3.05) is 0 Å². The van der Waals surface area contributed by atoms with Gasteiger partial charge in [0.15, 0.2) is 6.10 Å². The van der Waals surface area contributed by atoms with E-state index in [1.807, 2.05) is 0 Å². The second-order valence-corrected chi connectivity index (χ2v) is 3.50. The largest absolute Gasteiger partial charge is 0.464 e. The van der Waals surface area contributed by atoms with Gasteiger partial charge in [0.25, 0.3) is 0 Å². The lowest BCUT2D eigenvalue weighted by atomic mass is 10.3. The number of nitrogens with zero attached hydrogens (tertiary/aromatic N) is 1. The van der Waals surface area contributed by atoms with Gasteiger partial charge in [0.1, 0.15) is 5.02 Å². The molecule has 0 saturated heterocycles. The van der Waals surface area contributed by atoms with Gasteiger partial charge in [0.05, 0.1) is 6.61 Å². The second-order valence-electron chi connectivity index (χ2n) is 3.09. The van der Waals surface area contributed by atoms with Gasteiger partial charge in [-0.3, -0.25) is 0 Å². The van der Waals surface area contributed by atoms with Gasteiger partial charge in [-0.25, -0.2) is 4.98 Å². The van der Waals surface area contributed by atoms with Crippen molar-refractivity contribution >= 4 is 11.6 Å². The van der Waals surface area contributed by atoms with E-state index in [9.17, 15) is 13.2 Å². The zero-order valence-corrected chi connectivity index (χ0v) is 9.01. The van der Waals surface area contributed by atoms with Crippen LogP contribution in [0.2, 0.25) is 5.02 Å². The van der Waals surface area contributed by atoms with E-state index in [0.717, 1.165) is 6.92 Å². The van der Waals surface area contributed by atoms with Crippen molar-refractivity contribution in [3.63, 3.8) is 0 Å². The average Bonchev–Trinajstić information content (AvgIpc) is 2.19. The lowest BCUT2D eigenvalue weighted by Crippen LogP contribution is -2.31. The first-order valence-electron chi connectivity index (χ1n) is 4.33. The number of pyridine rings is 1. The lowest BCUT2D eigenvalue weighted by Gasteiger charge is -2.17. The quantitative estimate of drug-likeness (QED) is 0.903. The fraction of sp³-hybridized carbons (Fsp3) is 0.444. The molecule has 1 heterocycles. The van der Waals surface area contributed by atoms with Crippen LogP contribution in [0.3, 0.4) is 0 Å². The number of alkyl halides is 3. The van der Waals surface area contributed by atoms with Crippen molar-refractivity contribution in [1.82, 2.24) is 4.98 Å². The van der Waals surface area contributed by atoms with Crippen LogP contribution in [0.4, 0.5) is 13.2 Å². The van der Waals surface area contributed by atoms with Crippen LogP contribution in [0.1, 0.15) is 12.5 Å². The number of halogens is 4. The molecule has 0 aliphatic heterocycles. The van der Waals surface area contributed by atoms with E-state index in [-0.39, 0.29) is 17.5 Å². The Morgan fingerprint density at radius 1 is 1.56 bits per heavy atom. The number of aliphatic hydroxyl groups is 1. The Balaban J connectivity index is 2.82. The molecule has 1 rings (SSSR count). The highest BCUT2D eigenvalue weighted by Gasteiger charge is 2.38. The summed E-state index contributed by atoms with van der Waals surface area (Å²) in [6.45, 7) is 0.569. The number of ether oxygens (including phenoxy) is 1. The third kappa shape index (κ3) is 3.24. The molecule has 0 fully saturated rings. The number of hydrogen-bond acceptors (Lipinski definition) is 3. The van der Waals surface area contributed by atoms with Crippen LogP contribution in [-0.2, 0) is 6.61 Å². The Bertz CT molecular complexity index is 370. The minimum absolute atomic E-state index is 0.0670. The molecule has 1 aromatic heterocycles. The maximum Gasteiger partial charge on any atom is 0.425 e. The topological polar surface area (TPSA) is 42.4 Å². The van der Waals surface area contributed by atoms with Crippen LogP contribution in [0.15, 0.2) is 12.3 Å². The molecule has 90 valence electrons. The van der Waals surface area contributed by atoms with Crippen molar-refractivity contribution in [1.29, 1.82) is 0 Å². The standard InChI is InChI=1S/C9H9ClF3NO2/c1-5(9(11,12)13)16-8-7(10)2-6(4-15)3-14-8/h2-3,5,15H,4H2,1H3. The molecular formula is C9H9ClF3NO2. The van der Waals surface area contributed by atoms with Gasteiger partial charge in [-0.1, -0.05) is 11.6 Å². The molecule has 0 saturated carbocycles. The van der Waals surface area contributed by atoms with Gasteiger partial charge in [0.2, 0.25) is 5.88 Å². The number of rotatable bonds is 3. The van der Waals surface area contributed by atoms with Crippen molar-refractivity contribution in [3.05, 3.63) is 22.8 Å². The van der Waals surface area contributed by atoms with Gasteiger partial charge >= 0.3 is 6.18 Å². The Hall–Kier alpha value is -1.01. The first-order chi connectivity index (χ1) is 7.34. The number of aliphatic hydroxyl groups excluding tert-OH is 1. The zero-order valence-electron chi connectivity index (χ0n) is 8.25. The molecule has 0 spiro atoms. The summed E-state index contributed by atoms with van der Waals surface area (Å²) < 4.78 is 41.1. The molecule has 0 aliphatic carbocycles. The minimum Gasteiger partial charge on any atom is -0.464 e. The first kappa shape index (κ1) is 13.1. The molecule has 0 radical (unpaired) electrons. The predicted molar refractivity (Wildman–Crippen MR) is 51.3 cm³/mol. The molecule has 16 heavy (non-hydrogen) atoms. The maximum atomic E-state index is 12.2. The molecule has 3 nitrogen and oxygen atoms in total. The molecular weight excluding hydrogens is 247 g/mol. The normalized spacial score (nSPS) is 13.6. The Morgan fingerprint density at radius 2 is 2.19 bits per heavy atom. The summed E-state index contributed by atoms with van der Waals surface area (Å²) in [5.41, 5.74) is 0.400. The van der Waals surface area contributed by atoms with Gasteiger partial charge in [-0.2, -0.15) is 13.2 Å². The summed E-state index contributed by atoms with van der Waals surface area (Å²) >= 11 is 5.64. The van der Waals surface area contributed by atoms with E-state index in [0.29, 0.717) is 5.56 Å². The van der Waals surface area contributed by atoms with E-state index in [1.165, 1.54) is 12.3 Å². The van der Waals surface area contributed by atoms with Crippen molar-refractivity contribution in [2.45, 2.75) is 25.8 Å². The molecule has 7 heteroatoms. The van der Waals surface area contributed by atoms with Crippen LogP contribution in [0, 0.1) is 0 Å². The number of hydrogen-bond donors (Lipinski definition) is 1. The smallest absolute Gasteiger partial charge is 0.425 e. The van der Waals surface area contributed by atoms with Crippen LogP contribution < -0.4 is 4.74 Å². The molecule has 0 aromatic carbocycles. The highest BCUT2D eigenvalue weighted by Crippen LogP contribution is 2.28. The Kier molecular flexibility index (Phi) is 3.98.